The summed E-state index contributed by atoms with van der Waals surface area (Å²) in [4.78, 5) is 25.5. The first kappa shape index (κ1) is 26.5. The molecule has 3 aromatic rings. The van der Waals surface area contributed by atoms with Crippen molar-refractivity contribution >= 4 is 28.6 Å². The second-order valence-electron chi connectivity index (χ2n) is 9.65. The second-order valence-corrected chi connectivity index (χ2v) is 9.65. The van der Waals surface area contributed by atoms with E-state index in [1.54, 1.807) is 6.20 Å². The maximum Gasteiger partial charge on any atom is 0.243 e. The lowest BCUT2D eigenvalue weighted by atomic mass is 10.1. The molecule has 0 bridgehead atoms. The first-order valence-electron chi connectivity index (χ1n) is 12.6. The summed E-state index contributed by atoms with van der Waals surface area (Å²) in [6, 6.07) is 2.18. The summed E-state index contributed by atoms with van der Waals surface area (Å²) in [5, 5.41) is 9.96. The normalized spacial score (nSPS) is 19.4. The Bertz CT molecular complexity index is 1390. The van der Waals surface area contributed by atoms with Crippen molar-refractivity contribution in [1.82, 2.24) is 20.3 Å². The minimum Gasteiger partial charge on any atom is -0.494 e. The summed E-state index contributed by atoms with van der Waals surface area (Å²) in [6.07, 6.45) is 4.93. The van der Waals surface area contributed by atoms with Crippen LogP contribution in [0.4, 0.5) is 20.5 Å². The van der Waals surface area contributed by atoms with E-state index in [0.717, 1.165) is 18.9 Å². The topological polar surface area (TPSA) is 120 Å². The van der Waals surface area contributed by atoms with Gasteiger partial charge in [0.05, 0.1) is 50.8 Å². The molecule has 206 valence electrons. The molecule has 1 saturated carbocycles. The fourth-order valence-electron chi connectivity index (χ4n) is 4.62. The van der Waals surface area contributed by atoms with Gasteiger partial charge in [-0.15, -0.1) is 0 Å². The summed E-state index contributed by atoms with van der Waals surface area (Å²) < 4.78 is 46.4. The van der Waals surface area contributed by atoms with Gasteiger partial charge < -0.3 is 30.2 Å². The van der Waals surface area contributed by atoms with Crippen molar-refractivity contribution in [1.29, 1.82) is 0 Å². The molecule has 0 spiro atoms. The van der Waals surface area contributed by atoms with Crippen LogP contribution in [-0.4, -0.2) is 66.4 Å². The predicted molar refractivity (Wildman–Crippen MR) is 142 cm³/mol. The van der Waals surface area contributed by atoms with Gasteiger partial charge in [0, 0.05) is 23.7 Å². The average molecular weight is 541 g/mol. The van der Waals surface area contributed by atoms with E-state index in [-0.39, 0.29) is 46.8 Å². The Hall–Kier alpha value is -4.06. The Labute approximate surface area is 224 Å². The third-order valence-electron chi connectivity index (χ3n) is 7.00. The molecule has 0 radical (unpaired) electrons. The molecule has 3 atom stereocenters. The first-order valence-corrected chi connectivity index (χ1v) is 12.6. The van der Waals surface area contributed by atoms with E-state index in [1.165, 1.54) is 26.4 Å². The van der Waals surface area contributed by atoms with Crippen molar-refractivity contribution in [2.24, 2.45) is 5.92 Å². The van der Waals surface area contributed by atoms with Crippen molar-refractivity contribution < 1.29 is 27.8 Å². The Kier molecular flexibility index (Phi) is 7.47. The zero-order chi connectivity index (χ0) is 27.7. The zero-order valence-electron chi connectivity index (χ0n) is 21.9. The van der Waals surface area contributed by atoms with Crippen LogP contribution < -0.4 is 25.4 Å². The molecule has 2 aromatic heterocycles. The number of amides is 1. The zero-order valence-corrected chi connectivity index (χ0v) is 21.9. The number of ether oxygens (including phenoxy) is 3. The maximum atomic E-state index is 15.3. The third-order valence-corrected chi connectivity index (χ3v) is 7.00. The van der Waals surface area contributed by atoms with Gasteiger partial charge in [-0.05, 0) is 37.8 Å². The number of nitrogens with one attached hydrogen (secondary N) is 3. The number of pyridine rings is 1. The van der Waals surface area contributed by atoms with Crippen LogP contribution in [-0.2, 0) is 9.53 Å². The molecule has 39 heavy (non-hydrogen) atoms. The number of methoxy groups -OCH3 is 2. The Balaban J connectivity index is 1.56. The van der Waals surface area contributed by atoms with Crippen molar-refractivity contribution in [3.63, 3.8) is 0 Å². The van der Waals surface area contributed by atoms with Gasteiger partial charge >= 0.3 is 0 Å². The number of benzene rings is 1. The molecule has 1 amide bonds. The van der Waals surface area contributed by atoms with Crippen LogP contribution in [0.15, 0.2) is 31.0 Å². The number of rotatable bonds is 10. The highest BCUT2D eigenvalue weighted by Gasteiger charge is 2.31. The number of nitrogens with zero attached hydrogens (tertiary/aromatic N) is 3. The summed E-state index contributed by atoms with van der Waals surface area (Å²) >= 11 is 0. The van der Waals surface area contributed by atoms with Gasteiger partial charge in [-0.3, -0.25) is 4.79 Å². The minimum absolute atomic E-state index is 0.0425. The number of anilines is 2. The van der Waals surface area contributed by atoms with Crippen LogP contribution in [0.2, 0.25) is 0 Å². The maximum absolute atomic E-state index is 15.3. The van der Waals surface area contributed by atoms with Gasteiger partial charge in [0.2, 0.25) is 11.9 Å². The second kappa shape index (κ2) is 11.0. The third kappa shape index (κ3) is 5.42. The number of aromatic nitrogens is 3. The van der Waals surface area contributed by atoms with E-state index in [0.29, 0.717) is 41.8 Å². The predicted octanol–water partition coefficient (Wildman–Crippen LogP) is 3.68. The highest BCUT2D eigenvalue weighted by molar-refractivity contribution is 5.92. The van der Waals surface area contributed by atoms with E-state index in [4.69, 9.17) is 14.2 Å². The van der Waals surface area contributed by atoms with Crippen molar-refractivity contribution in [3.8, 4) is 22.8 Å². The van der Waals surface area contributed by atoms with Gasteiger partial charge in [0.1, 0.15) is 5.52 Å². The van der Waals surface area contributed by atoms with E-state index in [9.17, 15) is 4.79 Å². The molecule has 5 rings (SSSR count). The number of halogens is 2. The number of carbonyl (C=O) groups is 1. The summed E-state index contributed by atoms with van der Waals surface area (Å²) in [5.41, 5.74) is 0.146. The lowest BCUT2D eigenvalue weighted by Crippen LogP contribution is -2.45. The molecule has 2 aliphatic rings. The quantitative estimate of drug-likeness (QED) is 0.331. The lowest BCUT2D eigenvalue weighted by Gasteiger charge is -2.20. The Morgan fingerprint density at radius 1 is 1.13 bits per heavy atom. The fourth-order valence-corrected chi connectivity index (χ4v) is 4.62. The fraction of sp³-hybridized carbons (Fsp3) is 0.407. The molecule has 1 unspecified atom stereocenters. The highest BCUT2D eigenvalue weighted by atomic mass is 19.1. The molecule has 3 N–H and O–H groups in total. The Morgan fingerprint density at radius 2 is 1.82 bits per heavy atom. The minimum atomic E-state index is -0.892. The summed E-state index contributed by atoms with van der Waals surface area (Å²) in [6.45, 7) is 6.20. The van der Waals surface area contributed by atoms with Crippen LogP contribution in [0.3, 0.4) is 0 Å². The number of fused-ring (bicyclic) bond motifs is 1. The van der Waals surface area contributed by atoms with E-state index >= 15 is 8.78 Å². The van der Waals surface area contributed by atoms with Crippen molar-refractivity contribution in [3.05, 3.63) is 42.6 Å². The van der Waals surface area contributed by atoms with Crippen molar-refractivity contribution in [2.45, 2.75) is 37.9 Å². The molecular formula is C27H30F2N6O4. The molecule has 10 nitrogen and oxygen atoms in total. The molecule has 3 heterocycles. The Morgan fingerprint density at radius 3 is 2.46 bits per heavy atom. The standard InChI is InChI=1S/C27H30F2N6O4/c1-5-21(36)32-17-11-39-12-18(17)34-27-30-10-15-8-16(22-23(28)19(37-3)9-20(38-4)24(22)29)33-26(25(15)35-27)31-13(2)14-6-7-14/h5,8-10,13-14,17-18H,1,6-7,11-12H2,2-4H3,(H,31,33)(H,32,36)(H,30,34,35)/t13?,17-,18+/m0/s1. The van der Waals surface area contributed by atoms with E-state index in [2.05, 4.69) is 37.5 Å². The van der Waals surface area contributed by atoms with Crippen LogP contribution in [0.25, 0.3) is 22.2 Å². The molecule has 1 saturated heterocycles. The van der Waals surface area contributed by atoms with E-state index in [1.807, 2.05) is 6.92 Å². The van der Waals surface area contributed by atoms with E-state index < -0.39 is 11.6 Å². The van der Waals surface area contributed by atoms with Gasteiger partial charge in [-0.25, -0.2) is 23.7 Å². The molecule has 1 aliphatic heterocycles. The highest BCUT2D eigenvalue weighted by Crippen LogP contribution is 2.39. The summed E-state index contributed by atoms with van der Waals surface area (Å²) in [7, 11) is 2.59. The smallest absolute Gasteiger partial charge is 0.243 e. The number of carbonyl (C=O) groups excluding carboxylic acids is 1. The average Bonchev–Trinajstić information content (AvgIpc) is 3.70. The van der Waals surface area contributed by atoms with Crippen LogP contribution in [0.5, 0.6) is 11.5 Å². The van der Waals surface area contributed by atoms with Crippen molar-refractivity contribution in [2.75, 3.05) is 38.1 Å². The molecule has 1 aliphatic carbocycles. The largest absolute Gasteiger partial charge is 0.494 e. The molecule has 1 aromatic carbocycles. The lowest BCUT2D eigenvalue weighted by molar-refractivity contribution is -0.117. The molecule has 12 heteroatoms. The van der Waals surface area contributed by atoms with Gasteiger partial charge in [-0.1, -0.05) is 6.58 Å². The van der Waals surface area contributed by atoms with Gasteiger partial charge in [0.25, 0.3) is 0 Å². The first-order chi connectivity index (χ1) is 18.8. The number of hydrogen-bond acceptors (Lipinski definition) is 9. The van der Waals surface area contributed by atoms with Crippen LogP contribution in [0, 0.1) is 17.6 Å². The summed E-state index contributed by atoms with van der Waals surface area (Å²) in [5.74, 6) is -1.28. The SMILES string of the molecule is C=CC(=O)N[C@H]1COC[C@H]1Nc1ncc2cc(-c3c(F)c(OC)cc(OC)c3F)nc(NC(C)C3CC3)c2n1. The van der Waals surface area contributed by atoms with Crippen LogP contribution >= 0.6 is 0 Å². The monoisotopic (exact) mass is 540 g/mol. The van der Waals surface area contributed by atoms with Gasteiger partial charge in [0.15, 0.2) is 29.0 Å². The van der Waals surface area contributed by atoms with Gasteiger partial charge in [-0.2, -0.15) is 0 Å². The number of hydrogen-bond donors (Lipinski definition) is 3. The molecule has 2 fully saturated rings. The molecular weight excluding hydrogens is 510 g/mol. The van der Waals surface area contributed by atoms with Crippen LogP contribution in [0.1, 0.15) is 19.8 Å².